The Labute approximate surface area is 87.0 Å². The fourth-order valence-electron chi connectivity index (χ4n) is 1.52. The minimum atomic E-state index is -0.739. The molecule has 0 fully saturated rings. The van der Waals surface area contributed by atoms with E-state index in [0.717, 1.165) is 19.3 Å². The molecule has 0 aromatic heterocycles. The molecule has 0 aliphatic rings. The number of carboxylic acids is 1. The third-order valence-electron chi connectivity index (χ3n) is 2.58. The summed E-state index contributed by atoms with van der Waals surface area (Å²) in [6.45, 7) is 10.1. The van der Waals surface area contributed by atoms with Crippen LogP contribution in [0.15, 0.2) is 12.7 Å². The van der Waals surface area contributed by atoms with Crippen molar-refractivity contribution in [3.8, 4) is 0 Å². The largest absolute Gasteiger partial charge is 0.481 e. The molecule has 1 N–H and O–H groups in total. The number of hydrogen-bond acceptors (Lipinski definition) is 1. The van der Waals surface area contributed by atoms with Gasteiger partial charge in [-0.1, -0.05) is 39.7 Å². The van der Waals surface area contributed by atoms with Crippen LogP contribution in [0.25, 0.3) is 0 Å². The highest BCUT2D eigenvalue weighted by Crippen LogP contribution is 2.30. The van der Waals surface area contributed by atoms with Crippen molar-refractivity contribution in [1.29, 1.82) is 0 Å². The van der Waals surface area contributed by atoms with Gasteiger partial charge in [0, 0.05) is 0 Å². The summed E-state index contributed by atoms with van der Waals surface area (Å²) in [7, 11) is 0. The van der Waals surface area contributed by atoms with Gasteiger partial charge in [-0.15, -0.1) is 6.58 Å². The first-order chi connectivity index (χ1) is 6.39. The summed E-state index contributed by atoms with van der Waals surface area (Å²) < 4.78 is 0. The van der Waals surface area contributed by atoms with Crippen LogP contribution in [0.1, 0.15) is 46.5 Å². The van der Waals surface area contributed by atoms with Crippen molar-refractivity contribution in [3.63, 3.8) is 0 Å². The van der Waals surface area contributed by atoms with Gasteiger partial charge in [-0.3, -0.25) is 4.79 Å². The zero-order valence-corrected chi connectivity index (χ0v) is 9.55. The van der Waals surface area contributed by atoms with Crippen LogP contribution in [0.2, 0.25) is 0 Å². The second kappa shape index (κ2) is 5.84. The molecule has 2 heteroatoms. The van der Waals surface area contributed by atoms with Crippen LogP contribution in [0.5, 0.6) is 0 Å². The molecule has 82 valence electrons. The van der Waals surface area contributed by atoms with Crippen LogP contribution in [0.3, 0.4) is 0 Å². The summed E-state index contributed by atoms with van der Waals surface area (Å²) in [4.78, 5) is 10.6. The highest BCUT2D eigenvalue weighted by atomic mass is 16.4. The normalized spacial score (nSPS) is 15.1. The smallest absolute Gasteiger partial charge is 0.304 e. The number of rotatable bonds is 7. The molecule has 0 saturated carbocycles. The highest BCUT2D eigenvalue weighted by molar-refractivity contribution is 5.68. The first kappa shape index (κ1) is 13.2. The molecule has 0 aliphatic carbocycles. The fourth-order valence-corrected chi connectivity index (χ4v) is 1.52. The lowest BCUT2D eigenvalue weighted by Crippen LogP contribution is -2.18. The van der Waals surface area contributed by atoms with Crippen molar-refractivity contribution in [2.45, 2.75) is 46.5 Å². The van der Waals surface area contributed by atoms with Gasteiger partial charge >= 0.3 is 5.97 Å². The summed E-state index contributed by atoms with van der Waals surface area (Å²) in [5.41, 5.74) is -0.235. The topological polar surface area (TPSA) is 37.3 Å². The van der Waals surface area contributed by atoms with Crippen LogP contribution < -0.4 is 0 Å². The van der Waals surface area contributed by atoms with Crippen molar-refractivity contribution in [2.75, 3.05) is 0 Å². The van der Waals surface area contributed by atoms with E-state index in [4.69, 9.17) is 5.11 Å². The predicted molar refractivity (Wildman–Crippen MR) is 59.2 cm³/mol. The molecule has 0 amide bonds. The minimum absolute atomic E-state index is 0.189. The monoisotopic (exact) mass is 198 g/mol. The van der Waals surface area contributed by atoms with E-state index >= 15 is 0 Å². The van der Waals surface area contributed by atoms with Gasteiger partial charge in [-0.2, -0.15) is 0 Å². The molecule has 0 bridgehead atoms. The molecule has 0 aromatic rings. The molecular formula is C12H22O2. The Bertz CT molecular complexity index is 196. The minimum Gasteiger partial charge on any atom is -0.481 e. The Hall–Kier alpha value is -0.790. The van der Waals surface area contributed by atoms with E-state index in [2.05, 4.69) is 20.4 Å². The van der Waals surface area contributed by atoms with Gasteiger partial charge in [-0.05, 0) is 17.8 Å². The molecule has 0 aliphatic heterocycles. The van der Waals surface area contributed by atoms with Crippen LogP contribution >= 0.6 is 0 Å². The van der Waals surface area contributed by atoms with Crippen molar-refractivity contribution < 1.29 is 9.90 Å². The maximum Gasteiger partial charge on any atom is 0.304 e. The number of aliphatic carboxylic acids is 1. The molecule has 0 heterocycles. The molecule has 1 unspecified atom stereocenters. The molecular weight excluding hydrogens is 176 g/mol. The third-order valence-corrected chi connectivity index (χ3v) is 2.58. The Kier molecular flexibility index (Phi) is 5.51. The van der Waals surface area contributed by atoms with Crippen molar-refractivity contribution in [3.05, 3.63) is 12.7 Å². The second-order valence-electron chi connectivity index (χ2n) is 4.71. The fraction of sp³-hybridized carbons (Fsp3) is 0.750. The van der Waals surface area contributed by atoms with E-state index in [1.54, 1.807) is 6.08 Å². The number of hydrogen-bond donors (Lipinski definition) is 1. The van der Waals surface area contributed by atoms with Crippen LogP contribution in [-0.2, 0) is 4.79 Å². The third kappa shape index (κ3) is 5.79. The maximum atomic E-state index is 10.6. The van der Waals surface area contributed by atoms with Crippen molar-refractivity contribution >= 4 is 5.97 Å². The van der Waals surface area contributed by atoms with Crippen molar-refractivity contribution in [2.24, 2.45) is 11.3 Å². The second-order valence-corrected chi connectivity index (χ2v) is 4.71. The van der Waals surface area contributed by atoms with E-state index < -0.39 is 5.97 Å². The molecule has 2 nitrogen and oxygen atoms in total. The Morgan fingerprint density at radius 2 is 2.14 bits per heavy atom. The van der Waals surface area contributed by atoms with Crippen LogP contribution in [-0.4, -0.2) is 11.1 Å². The van der Waals surface area contributed by atoms with Gasteiger partial charge in [0.1, 0.15) is 0 Å². The lowest BCUT2D eigenvalue weighted by Gasteiger charge is -2.23. The average Bonchev–Trinajstić information content (AvgIpc) is 2.02. The molecule has 14 heavy (non-hydrogen) atoms. The summed E-state index contributed by atoms with van der Waals surface area (Å²) in [5, 5.41) is 8.74. The van der Waals surface area contributed by atoms with E-state index in [-0.39, 0.29) is 11.8 Å². The predicted octanol–water partition coefficient (Wildman–Crippen LogP) is 3.48. The molecule has 0 radical (unpaired) electrons. The summed E-state index contributed by atoms with van der Waals surface area (Å²) in [6, 6.07) is 0. The SMILES string of the molecule is C=CC(C)(CCCC(C)C)CC(=O)O. The number of carboxylic acid groups (broad SMARTS) is 1. The van der Waals surface area contributed by atoms with Crippen LogP contribution in [0.4, 0.5) is 0 Å². The van der Waals surface area contributed by atoms with Gasteiger partial charge in [-0.25, -0.2) is 0 Å². The maximum absolute atomic E-state index is 10.6. The first-order valence-corrected chi connectivity index (χ1v) is 5.25. The van der Waals surface area contributed by atoms with Gasteiger partial charge in [0.05, 0.1) is 6.42 Å². The lowest BCUT2D eigenvalue weighted by molar-refractivity contribution is -0.138. The molecule has 1 atom stereocenters. The quantitative estimate of drug-likeness (QED) is 0.636. The van der Waals surface area contributed by atoms with E-state index in [1.807, 2.05) is 6.92 Å². The lowest BCUT2D eigenvalue weighted by atomic mass is 9.81. The summed E-state index contributed by atoms with van der Waals surface area (Å²) >= 11 is 0. The molecule has 0 aromatic carbocycles. The Morgan fingerprint density at radius 1 is 1.57 bits per heavy atom. The van der Waals surface area contributed by atoms with Gasteiger partial charge < -0.3 is 5.11 Å². The highest BCUT2D eigenvalue weighted by Gasteiger charge is 2.23. The Morgan fingerprint density at radius 3 is 2.50 bits per heavy atom. The summed E-state index contributed by atoms with van der Waals surface area (Å²) in [5.74, 6) is -0.0501. The standard InChI is InChI=1S/C12H22O2/c1-5-12(4,9-11(13)14)8-6-7-10(2)3/h5,10H,1,6-9H2,2-4H3,(H,13,14). The average molecular weight is 198 g/mol. The van der Waals surface area contributed by atoms with Crippen molar-refractivity contribution in [1.82, 2.24) is 0 Å². The zero-order valence-electron chi connectivity index (χ0n) is 9.55. The molecule has 0 rings (SSSR count). The van der Waals surface area contributed by atoms with E-state index in [1.165, 1.54) is 0 Å². The molecule has 0 spiro atoms. The van der Waals surface area contributed by atoms with Gasteiger partial charge in [0.25, 0.3) is 0 Å². The number of carbonyl (C=O) groups is 1. The van der Waals surface area contributed by atoms with Gasteiger partial charge in [0.15, 0.2) is 0 Å². The van der Waals surface area contributed by atoms with E-state index in [9.17, 15) is 4.79 Å². The zero-order chi connectivity index (χ0) is 11.2. The Balaban J connectivity index is 3.99. The number of allylic oxidation sites excluding steroid dienone is 1. The molecule has 0 saturated heterocycles. The van der Waals surface area contributed by atoms with Crippen LogP contribution in [0, 0.1) is 11.3 Å². The van der Waals surface area contributed by atoms with E-state index in [0.29, 0.717) is 5.92 Å². The van der Waals surface area contributed by atoms with Gasteiger partial charge in [0.2, 0.25) is 0 Å². The first-order valence-electron chi connectivity index (χ1n) is 5.25. The summed E-state index contributed by atoms with van der Waals surface area (Å²) in [6.07, 6.45) is 5.12.